The molecule has 1 aliphatic rings. The minimum atomic E-state index is -0.535. The van der Waals surface area contributed by atoms with Gasteiger partial charge in [-0.15, -0.1) is 11.3 Å². The summed E-state index contributed by atoms with van der Waals surface area (Å²) in [4.78, 5) is 32.1. The standard InChI is InChI=1S/C24H33N3O5S/c1-7-31-22(28)20-18(26-21(33-20)16-10-8-9-11-19(16)30-6)14-25-17-12-13-27(15(17)2)23(29)32-24(3,4)5/h8-11,15,17,25H,7,12-14H2,1-6H3/t15-,17-/m1/s1. The summed E-state index contributed by atoms with van der Waals surface area (Å²) < 4.78 is 16.3. The number of ether oxygens (including phenoxy) is 3. The third-order valence-corrected chi connectivity index (χ3v) is 6.52. The molecule has 180 valence electrons. The van der Waals surface area contributed by atoms with Crippen molar-refractivity contribution in [1.29, 1.82) is 0 Å². The van der Waals surface area contributed by atoms with Crippen molar-refractivity contribution in [2.45, 2.75) is 65.3 Å². The van der Waals surface area contributed by atoms with Crippen molar-refractivity contribution in [2.24, 2.45) is 0 Å². The Balaban J connectivity index is 1.77. The molecular formula is C24H33N3O5S. The average Bonchev–Trinajstić information content (AvgIpc) is 3.34. The molecule has 1 aromatic carbocycles. The summed E-state index contributed by atoms with van der Waals surface area (Å²) in [5.41, 5.74) is 0.918. The molecule has 2 heterocycles. The highest BCUT2D eigenvalue weighted by Crippen LogP contribution is 2.35. The maximum absolute atomic E-state index is 12.6. The number of hydrogen-bond donors (Lipinski definition) is 1. The highest BCUT2D eigenvalue weighted by molar-refractivity contribution is 7.17. The van der Waals surface area contributed by atoms with Crippen molar-refractivity contribution >= 4 is 23.4 Å². The molecule has 3 rings (SSSR count). The van der Waals surface area contributed by atoms with Crippen molar-refractivity contribution in [1.82, 2.24) is 15.2 Å². The molecule has 1 N–H and O–H groups in total. The number of rotatable bonds is 7. The van der Waals surface area contributed by atoms with Crippen LogP contribution in [0.5, 0.6) is 5.75 Å². The van der Waals surface area contributed by atoms with Gasteiger partial charge < -0.3 is 24.4 Å². The number of thiazole rings is 1. The van der Waals surface area contributed by atoms with Crippen molar-refractivity contribution in [2.75, 3.05) is 20.3 Å². The zero-order valence-electron chi connectivity index (χ0n) is 20.1. The molecule has 0 unspecified atom stereocenters. The van der Waals surface area contributed by atoms with Gasteiger partial charge in [0, 0.05) is 25.2 Å². The van der Waals surface area contributed by atoms with E-state index in [0.29, 0.717) is 34.4 Å². The minimum Gasteiger partial charge on any atom is -0.496 e. The van der Waals surface area contributed by atoms with Gasteiger partial charge in [-0.2, -0.15) is 0 Å². The summed E-state index contributed by atoms with van der Waals surface area (Å²) in [6.07, 6.45) is 0.484. The van der Waals surface area contributed by atoms with E-state index >= 15 is 0 Å². The fourth-order valence-corrected chi connectivity index (χ4v) is 4.79. The van der Waals surface area contributed by atoms with Gasteiger partial charge in [0.05, 0.1) is 25.0 Å². The number of carbonyl (C=O) groups is 2. The lowest BCUT2D eigenvalue weighted by molar-refractivity contribution is 0.0229. The zero-order chi connectivity index (χ0) is 24.2. The van der Waals surface area contributed by atoms with Gasteiger partial charge in [-0.25, -0.2) is 14.6 Å². The second-order valence-corrected chi connectivity index (χ2v) is 9.91. The SMILES string of the molecule is CCOC(=O)c1sc(-c2ccccc2OC)nc1CN[C@@H]1CCN(C(=O)OC(C)(C)C)[C@@H]1C. The molecule has 1 aromatic heterocycles. The number of hydrogen-bond acceptors (Lipinski definition) is 8. The second-order valence-electron chi connectivity index (χ2n) is 8.91. The van der Waals surface area contributed by atoms with Crippen LogP contribution in [0.4, 0.5) is 4.79 Å². The summed E-state index contributed by atoms with van der Waals surface area (Å²) in [5.74, 6) is 0.307. The van der Waals surface area contributed by atoms with E-state index in [4.69, 9.17) is 19.2 Å². The topological polar surface area (TPSA) is 90.0 Å². The van der Waals surface area contributed by atoms with Gasteiger partial charge in [-0.3, -0.25) is 0 Å². The lowest BCUT2D eigenvalue weighted by atomic mass is 10.1. The van der Waals surface area contributed by atoms with Gasteiger partial charge >= 0.3 is 12.1 Å². The van der Waals surface area contributed by atoms with Gasteiger partial charge in [0.15, 0.2) is 0 Å². The Morgan fingerprint density at radius 3 is 2.67 bits per heavy atom. The Morgan fingerprint density at radius 1 is 1.27 bits per heavy atom. The molecule has 2 aromatic rings. The third kappa shape index (κ3) is 6.03. The number of nitrogens with zero attached hydrogens (tertiary/aromatic N) is 2. The van der Waals surface area contributed by atoms with Crippen LogP contribution in [-0.2, 0) is 16.0 Å². The lowest BCUT2D eigenvalue weighted by Crippen LogP contribution is -2.44. The molecule has 1 aliphatic heterocycles. The molecule has 0 aliphatic carbocycles. The van der Waals surface area contributed by atoms with Crippen LogP contribution in [0.1, 0.15) is 56.4 Å². The van der Waals surface area contributed by atoms with Gasteiger partial charge in [0.2, 0.25) is 0 Å². The van der Waals surface area contributed by atoms with Crippen LogP contribution in [0.15, 0.2) is 24.3 Å². The Bertz CT molecular complexity index is 985. The van der Waals surface area contributed by atoms with Crippen molar-refractivity contribution in [3.63, 3.8) is 0 Å². The first kappa shape index (κ1) is 25.0. The first-order chi connectivity index (χ1) is 15.6. The van der Waals surface area contributed by atoms with E-state index < -0.39 is 5.60 Å². The van der Waals surface area contributed by atoms with Gasteiger partial charge in [0.25, 0.3) is 0 Å². The Hall–Kier alpha value is -2.65. The van der Waals surface area contributed by atoms with Crippen LogP contribution in [0.3, 0.4) is 0 Å². The largest absolute Gasteiger partial charge is 0.496 e. The highest BCUT2D eigenvalue weighted by atomic mass is 32.1. The third-order valence-electron chi connectivity index (χ3n) is 5.41. The number of amides is 1. The fourth-order valence-electron chi connectivity index (χ4n) is 3.78. The zero-order valence-corrected chi connectivity index (χ0v) is 21.0. The van der Waals surface area contributed by atoms with Crippen LogP contribution in [0.25, 0.3) is 10.6 Å². The van der Waals surface area contributed by atoms with Gasteiger partial charge in [0.1, 0.15) is 21.2 Å². The molecule has 1 fully saturated rings. The molecule has 1 saturated heterocycles. The quantitative estimate of drug-likeness (QED) is 0.591. The van der Waals surface area contributed by atoms with E-state index in [1.54, 1.807) is 18.9 Å². The normalized spacial score (nSPS) is 18.3. The first-order valence-corrected chi connectivity index (χ1v) is 12.0. The number of aromatic nitrogens is 1. The van der Waals surface area contributed by atoms with Crippen LogP contribution < -0.4 is 10.1 Å². The number of benzene rings is 1. The van der Waals surface area contributed by atoms with Crippen molar-refractivity contribution in [3.8, 4) is 16.3 Å². The number of methoxy groups -OCH3 is 1. The molecule has 0 saturated carbocycles. The summed E-state index contributed by atoms with van der Waals surface area (Å²) >= 11 is 1.30. The molecule has 0 radical (unpaired) electrons. The lowest BCUT2D eigenvalue weighted by Gasteiger charge is -2.28. The molecule has 9 heteroatoms. The monoisotopic (exact) mass is 475 g/mol. The van der Waals surface area contributed by atoms with Crippen molar-refractivity contribution < 1.29 is 23.8 Å². The van der Waals surface area contributed by atoms with E-state index in [2.05, 4.69) is 5.32 Å². The van der Waals surface area contributed by atoms with Crippen LogP contribution in [0, 0.1) is 0 Å². The summed E-state index contributed by atoms with van der Waals surface area (Å²) in [6, 6.07) is 7.60. The van der Waals surface area contributed by atoms with Crippen LogP contribution in [0.2, 0.25) is 0 Å². The predicted octanol–water partition coefficient (Wildman–Crippen LogP) is 4.48. The Labute approximate surface area is 199 Å². The van der Waals surface area contributed by atoms with Crippen molar-refractivity contribution in [3.05, 3.63) is 34.8 Å². The maximum Gasteiger partial charge on any atom is 0.410 e. The van der Waals surface area contributed by atoms with E-state index in [-0.39, 0.29) is 30.8 Å². The number of carbonyl (C=O) groups excluding carboxylic acids is 2. The summed E-state index contributed by atoms with van der Waals surface area (Å²) in [6.45, 7) is 10.7. The molecule has 0 spiro atoms. The van der Waals surface area contributed by atoms with Gasteiger partial charge in [-0.05, 0) is 53.2 Å². The molecular weight excluding hydrogens is 442 g/mol. The summed E-state index contributed by atoms with van der Waals surface area (Å²) in [7, 11) is 1.61. The van der Waals surface area contributed by atoms with E-state index in [1.807, 2.05) is 52.0 Å². The molecule has 8 nitrogen and oxygen atoms in total. The van der Waals surface area contributed by atoms with Crippen LogP contribution in [-0.4, -0.2) is 59.9 Å². The Kier molecular flexibility index (Phi) is 7.97. The van der Waals surface area contributed by atoms with Gasteiger partial charge in [-0.1, -0.05) is 12.1 Å². The number of likely N-dealkylation sites (tertiary alicyclic amines) is 1. The van der Waals surface area contributed by atoms with E-state index in [0.717, 1.165) is 12.0 Å². The molecule has 0 bridgehead atoms. The first-order valence-electron chi connectivity index (χ1n) is 11.2. The second kappa shape index (κ2) is 10.5. The number of para-hydroxylation sites is 1. The smallest absolute Gasteiger partial charge is 0.410 e. The molecule has 2 atom stereocenters. The fraction of sp³-hybridized carbons (Fsp3) is 0.542. The minimum absolute atomic E-state index is 0.0433. The average molecular weight is 476 g/mol. The van der Waals surface area contributed by atoms with E-state index in [1.165, 1.54) is 11.3 Å². The highest BCUT2D eigenvalue weighted by Gasteiger charge is 2.36. The molecule has 33 heavy (non-hydrogen) atoms. The number of esters is 1. The summed E-state index contributed by atoms with van der Waals surface area (Å²) in [5, 5.41) is 4.18. The predicted molar refractivity (Wildman–Crippen MR) is 128 cm³/mol. The Morgan fingerprint density at radius 2 is 2.00 bits per heavy atom. The maximum atomic E-state index is 12.6. The molecule has 1 amide bonds. The number of nitrogens with one attached hydrogen (secondary N) is 1. The van der Waals surface area contributed by atoms with Crippen LogP contribution >= 0.6 is 11.3 Å². The van der Waals surface area contributed by atoms with E-state index in [9.17, 15) is 9.59 Å².